The van der Waals surface area contributed by atoms with E-state index in [2.05, 4.69) is 10.1 Å². The largest absolute Gasteiger partial charge is 0.497 e. The zero-order chi connectivity index (χ0) is 20.1. The molecular formula is C19H18N4O5. The Kier molecular flexibility index (Phi) is 5.54. The molecule has 144 valence electrons. The quantitative estimate of drug-likeness (QED) is 0.722. The fraction of sp³-hybridized carbons (Fsp3) is 0.158. The maximum absolute atomic E-state index is 12.5. The van der Waals surface area contributed by atoms with Gasteiger partial charge in [0.05, 0.1) is 38.3 Å². The average molecular weight is 382 g/mol. The molecule has 0 spiro atoms. The molecule has 1 aliphatic rings. The average Bonchev–Trinajstić information content (AvgIpc) is 3.18. The van der Waals surface area contributed by atoms with Crippen molar-refractivity contribution in [2.45, 2.75) is 0 Å². The molecule has 0 saturated carbocycles. The molecule has 3 rings (SSSR count). The van der Waals surface area contributed by atoms with Gasteiger partial charge in [0, 0.05) is 18.3 Å². The van der Waals surface area contributed by atoms with Gasteiger partial charge in [-0.1, -0.05) is 6.08 Å². The first kappa shape index (κ1) is 18.9. The maximum Gasteiger partial charge on any atom is 0.355 e. The lowest BCUT2D eigenvalue weighted by atomic mass is 10.1. The van der Waals surface area contributed by atoms with Gasteiger partial charge < -0.3 is 19.1 Å². The molecule has 0 unspecified atom stereocenters. The molecule has 0 fully saturated rings. The summed E-state index contributed by atoms with van der Waals surface area (Å²) in [5, 5.41) is 4.12. The zero-order valence-corrected chi connectivity index (χ0v) is 15.5. The highest BCUT2D eigenvalue weighted by Gasteiger charge is 2.28. The molecule has 9 nitrogen and oxygen atoms in total. The van der Waals surface area contributed by atoms with Crippen molar-refractivity contribution in [2.75, 3.05) is 26.2 Å². The van der Waals surface area contributed by atoms with Crippen molar-refractivity contribution >= 4 is 17.6 Å². The van der Waals surface area contributed by atoms with Crippen molar-refractivity contribution < 1.29 is 23.8 Å². The Hall–Kier alpha value is -3.88. The molecule has 1 aromatic carbocycles. The van der Waals surface area contributed by atoms with Crippen molar-refractivity contribution in [3.05, 3.63) is 66.6 Å². The van der Waals surface area contributed by atoms with E-state index < -0.39 is 11.9 Å². The van der Waals surface area contributed by atoms with E-state index in [4.69, 9.17) is 14.2 Å². The van der Waals surface area contributed by atoms with Gasteiger partial charge in [-0.3, -0.25) is 0 Å². The van der Waals surface area contributed by atoms with Crippen LogP contribution in [-0.4, -0.2) is 48.0 Å². The normalized spacial score (nSPS) is 13.3. The first-order valence-corrected chi connectivity index (χ1v) is 8.18. The topological polar surface area (TPSA) is 95.8 Å². The summed E-state index contributed by atoms with van der Waals surface area (Å²) in [5.41, 5.74) is 1.27. The molecule has 0 aliphatic carbocycles. The van der Waals surface area contributed by atoms with Crippen LogP contribution in [0.3, 0.4) is 0 Å². The molecular weight excluding hydrogens is 364 g/mol. The number of hydrogen-bond donors (Lipinski definition) is 0. The number of esters is 2. The van der Waals surface area contributed by atoms with E-state index in [-0.39, 0.29) is 11.3 Å². The number of hydrogen-bond acceptors (Lipinski definition) is 8. The van der Waals surface area contributed by atoms with Crippen molar-refractivity contribution in [3.63, 3.8) is 0 Å². The second-order valence-corrected chi connectivity index (χ2v) is 5.55. The standard InChI is InChI=1S/C19H18N4O5/c1-26-15-9-13(8-14(10-15)23-12-20-11-21-23)22-7-5-4-6-16(18(24)27-2)17(22)19(25)28-3/h4-12H,1-3H3. The van der Waals surface area contributed by atoms with Gasteiger partial charge in [0.2, 0.25) is 0 Å². The molecule has 28 heavy (non-hydrogen) atoms. The van der Waals surface area contributed by atoms with Gasteiger partial charge in [0.25, 0.3) is 0 Å². The van der Waals surface area contributed by atoms with E-state index >= 15 is 0 Å². The van der Waals surface area contributed by atoms with Crippen LogP contribution in [0.5, 0.6) is 5.75 Å². The number of carbonyl (C=O) groups excluding carboxylic acids is 2. The lowest BCUT2D eigenvalue weighted by Crippen LogP contribution is -2.27. The SMILES string of the molecule is COC(=O)C1=C(C(=O)OC)N(c2cc(OC)cc(-n3cncn3)c2)C=CC=C1. The second kappa shape index (κ2) is 8.21. The highest BCUT2D eigenvalue weighted by atomic mass is 16.5. The molecule has 2 heterocycles. The van der Waals surface area contributed by atoms with Crippen LogP contribution in [0.1, 0.15) is 0 Å². The summed E-state index contributed by atoms with van der Waals surface area (Å²) in [6.45, 7) is 0. The highest BCUT2D eigenvalue weighted by molar-refractivity contribution is 6.05. The number of allylic oxidation sites excluding steroid dienone is 2. The Morgan fingerprint density at radius 1 is 0.964 bits per heavy atom. The van der Waals surface area contributed by atoms with Crippen LogP contribution >= 0.6 is 0 Å². The number of aromatic nitrogens is 3. The predicted molar refractivity (Wildman–Crippen MR) is 99.7 cm³/mol. The number of methoxy groups -OCH3 is 3. The third-order valence-corrected chi connectivity index (χ3v) is 3.96. The van der Waals surface area contributed by atoms with Crippen molar-refractivity contribution in [1.82, 2.24) is 14.8 Å². The Morgan fingerprint density at radius 2 is 1.71 bits per heavy atom. The van der Waals surface area contributed by atoms with E-state index in [0.29, 0.717) is 17.1 Å². The van der Waals surface area contributed by atoms with Crippen LogP contribution in [0, 0.1) is 0 Å². The molecule has 0 bridgehead atoms. The van der Waals surface area contributed by atoms with Gasteiger partial charge in [-0.05, 0) is 18.2 Å². The van der Waals surface area contributed by atoms with Gasteiger partial charge in [0.1, 0.15) is 24.1 Å². The summed E-state index contributed by atoms with van der Waals surface area (Å²) in [7, 11) is 4.02. The van der Waals surface area contributed by atoms with Gasteiger partial charge in [0.15, 0.2) is 0 Å². The van der Waals surface area contributed by atoms with Crippen molar-refractivity contribution in [2.24, 2.45) is 0 Å². The third kappa shape index (κ3) is 3.63. The van der Waals surface area contributed by atoms with Gasteiger partial charge in [-0.2, -0.15) is 5.10 Å². The molecule has 0 saturated heterocycles. The van der Waals surface area contributed by atoms with E-state index in [0.717, 1.165) is 0 Å². The molecule has 0 N–H and O–H groups in total. The van der Waals surface area contributed by atoms with Gasteiger partial charge in [-0.15, -0.1) is 0 Å². The molecule has 0 radical (unpaired) electrons. The van der Waals surface area contributed by atoms with Gasteiger partial charge >= 0.3 is 11.9 Å². The van der Waals surface area contributed by atoms with E-state index in [1.807, 2.05) is 0 Å². The molecule has 9 heteroatoms. The van der Waals surface area contributed by atoms with Crippen LogP contribution in [0.15, 0.2) is 66.6 Å². The number of nitrogens with zero attached hydrogens (tertiary/aromatic N) is 4. The van der Waals surface area contributed by atoms with E-state index in [9.17, 15) is 9.59 Å². The van der Waals surface area contributed by atoms with E-state index in [1.54, 1.807) is 41.2 Å². The highest BCUT2D eigenvalue weighted by Crippen LogP contribution is 2.31. The summed E-state index contributed by atoms with van der Waals surface area (Å²) in [6.07, 6.45) is 9.40. The minimum atomic E-state index is -0.693. The summed E-state index contributed by atoms with van der Waals surface area (Å²) in [6, 6.07) is 5.25. The minimum absolute atomic E-state index is 0.0112. The summed E-state index contributed by atoms with van der Waals surface area (Å²) >= 11 is 0. The number of anilines is 1. The summed E-state index contributed by atoms with van der Waals surface area (Å²) in [5.74, 6) is -0.830. The Balaban J connectivity index is 2.21. The van der Waals surface area contributed by atoms with Crippen LogP contribution in [0.25, 0.3) is 5.69 Å². The first-order valence-electron chi connectivity index (χ1n) is 8.18. The minimum Gasteiger partial charge on any atom is -0.497 e. The van der Waals surface area contributed by atoms with Crippen LogP contribution < -0.4 is 9.64 Å². The number of carbonyl (C=O) groups is 2. The van der Waals surface area contributed by atoms with Crippen LogP contribution in [-0.2, 0) is 19.1 Å². The maximum atomic E-state index is 12.5. The Labute approximate surface area is 161 Å². The van der Waals surface area contributed by atoms with Gasteiger partial charge in [-0.25, -0.2) is 19.3 Å². The summed E-state index contributed by atoms with van der Waals surface area (Å²) in [4.78, 5) is 30.3. The number of benzene rings is 1. The fourth-order valence-electron chi connectivity index (χ4n) is 2.66. The second-order valence-electron chi connectivity index (χ2n) is 5.55. The van der Waals surface area contributed by atoms with E-state index in [1.165, 1.54) is 45.0 Å². The van der Waals surface area contributed by atoms with Crippen LogP contribution in [0.2, 0.25) is 0 Å². The third-order valence-electron chi connectivity index (χ3n) is 3.96. The Bertz CT molecular complexity index is 976. The molecule has 0 atom stereocenters. The van der Waals surface area contributed by atoms with Crippen molar-refractivity contribution in [3.8, 4) is 11.4 Å². The molecule has 0 amide bonds. The Morgan fingerprint density at radius 3 is 2.36 bits per heavy atom. The molecule has 1 aromatic heterocycles. The zero-order valence-electron chi connectivity index (χ0n) is 15.5. The number of ether oxygens (including phenoxy) is 3. The lowest BCUT2D eigenvalue weighted by molar-refractivity contribution is -0.139. The first-order chi connectivity index (χ1) is 13.6. The molecule has 1 aliphatic heterocycles. The monoisotopic (exact) mass is 382 g/mol. The van der Waals surface area contributed by atoms with Crippen LogP contribution in [0.4, 0.5) is 5.69 Å². The molecule has 2 aromatic rings. The fourth-order valence-corrected chi connectivity index (χ4v) is 2.66. The smallest absolute Gasteiger partial charge is 0.355 e. The number of rotatable bonds is 5. The lowest BCUT2D eigenvalue weighted by Gasteiger charge is -2.24. The predicted octanol–water partition coefficient (Wildman–Crippen LogP) is 1.77. The summed E-state index contributed by atoms with van der Waals surface area (Å²) < 4.78 is 16.7. The van der Waals surface area contributed by atoms with Crippen molar-refractivity contribution in [1.29, 1.82) is 0 Å².